The van der Waals surface area contributed by atoms with E-state index < -0.39 is 0 Å². The lowest BCUT2D eigenvalue weighted by Gasteiger charge is -2.10. The zero-order valence-corrected chi connectivity index (χ0v) is 12.2. The Kier molecular flexibility index (Phi) is 6.89. The first-order chi connectivity index (χ1) is 9.17. The van der Waals surface area contributed by atoms with E-state index >= 15 is 0 Å². The molecule has 2 N–H and O–H groups in total. The van der Waals surface area contributed by atoms with Gasteiger partial charge in [0, 0.05) is 12.2 Å². The van der Waals surface area contributed by atoms with Crippen molar-refractivity contribution in [3.63, 3.8) is 0 Å². The third kappa shape index (κ3) is 5.70. The standard InChI is InChI=1S/C14H20N2O2S/c1-3-5-10-15-14(19)16-12-8-6-11(7-9-12)13(17)18-4-2/h6-9H,3-5,10H2,1-2H3,(H2,15,16,19). The van der Waals surface area contributed by atoms with E-state index in [9.17, 15) is 4.79 Å². The Hall–Kier alpha value is -1.62. The monoisotopic (exact) mass is 280 g/mol. The first-order valence-electron chi connectivity index (χ1n) is 6.49. The van der Waals surface area contributed by atoms with Crippen molar-refractivity contribution in [2.24, 2.45) is 0 Å². The summed E-state index contributed by atoms with van der Waals surface area (Å²) >= 11 is 5.16. The van der Waals surface area contributed by atoms with Crippen LogP contribution in [0.15, 0.2) is 24.3 Å². The van der Waals surface area contributed by atoms with E-state index in [-0.39, 0.29) is 5.97 Å². The maximum atomic E-state index is 11.5. The Balaban J connectivity index is 2.47. The molecule has 0 saturated heterocycles. The lowest BCUT2D eigenvalue weighted by molar-refractivity contribution is 0.0526. The van der Waals surface area contributed by atoms with Gasteiger partial charge in [0.1, 0.15) is 0 Å². The number of hydrogen-bond acceptors (Lipinski definition) is 3. The Morgan fingerprint density at radius 3 is 2.53 bits per heavy atom. The zero-order valence-electron chi connectivity index (χ0n) is 11.4. The van der Waals surface area contributed by atoms with Gasteiger partial charge in [-0.15, -0.1) is 0 Å². The van der Waals surface area contributed by atoms with Gasteiger partial charge in [-0.1, -0.05) is 13.3 Å². The molecule has 0 bridgehead atoms. The molecule has 0 unspecified atom stereocenters. The summed E-state index contributed by atoms with van der Waals surface area (Å²) in [6.45, 7) is 5.16. The zero-order chi connectivity index (χ0) is 14.1. The average molecular weight is 280 g/mol. The lowest BCUT2D eigenvalue weighted by atomic mass is 10.2. The van der Waals surface area contributed by atoms with Crippen molar-refractivity contribution in [2.45, 2.75) is 26.7 Å². The number of thiocarbonyl (C=S) groups is 1. The summed E-state index contributed by atoms with van der Waals surface area (Å²) in [6.07, 6.45) is 2.22. The number of carbonyl (C=O) groups is 1. The minimum absolute atomic E-state index is 0.308. The molecule has 4 nitrogen and oxygen atoms in total. The van der Waals surface area contributed by atoms with Crippen molar-refractivity contribution in [3.8, 4) is 0 Å². The second-order valence-electron chi connectivity index (χ2n) is 4.03. The molecule has 5 heteroatoms. The number of unbranched alkanes of at least 4 members (excludes halogenated alkanes) is 1. The van der Waals surface area contributed by atoms with Gasteiger partial charge in [0.15, 0.2) is 5.11 Å². The number of benzene rings is 1. The fraction of sp³-hybridized carbons (Fsp3) is 0.429. The van der Waals surface area contributed by atoms with Crippen LogP contribution in [0.4, 0.5) is 5.69 Å². The van der Waals surface area contributed by atoms with E-state index in [1.54, 1.807) is 31.2 Å². The molecule has 0 heterocycles. The molecular weight excluding hydrogens is 260 g/mol. The first kappa shape index (κ1) is 15.4. The van der Waals surface area contributed by atoms with Crippen LogP contribution >= 0.6 is 12.2 Å². The third-order valence-corrected chi connectivity index (χ3v) is 2.72. The molecule has 104 valence electrons. The van der Waals surface area contributed by atoms with E-state index in [1.165, 1.54) is 0 Å². The summed E-state index contributed by atoms with van der Waals surface area (Å²) in [7, 11) is 0. The highest BCUT2D eigenvalue weighted by atomic mass is 32.1. The fourth-order valence-electron chi connectivity index (χ4n) is 1.46. The Morgan fingerprint density at radius 2 is 1.95 bits per heavy atom. The molecule has 0 aliphatic heterocycles. The van der Waals surface area contributed by atoms with Gasteiger partial charge < -0.3 is 15.4 Å². The quantitative estimate of drug-likeness (QED) is 0.477. The van der Waals surface area contributed by atoms with E-state index in [0.29, 0.717) is 17.3 Å². The molecule has 0 radical (unpaired) electrons. The van der Waals surface area contributed by atoms with Gasteiger partial charge in [0.2, 0.25) is 0 Å². The smallest absolute Gasteiger partial charge is 0.338 e. The normalized spacial score (nSPS) is 9.79. The summed E-state index contributed by atoms with van der Waals surface area (Å²) in [5.41, 5.74) is 1.39. The van der Waals surface area contributed by atoms with Crippen LogP contribution in [-0.2, 0) is 4.74 Å². The molecule has 0 aliphatic carbocycles. The predicted octanol–water partition coefficient (Wildman–Crippen LogP) is 2.95. The van der Waals surface area contributed by atoms with Gasteiger partial charge in [-0.2, -0.15) is 0 Å². The predicted molar refractivity (Wildman–Crippen MR) is 81.5 cm³/mol. The van der Waals surface area contributed by atoms with Crippen molar-refractivity contribution in [3.05, 3.63) is 29.8 Å². The van der Waals surface area contributed by atoms with Gasteiger partial charge in [0.25, 0.3) is 0 Å². The molecule has 1 rings (SSSR count). The Labute approximate surface area is 119 Å². The number of nitrogens with one attached hydrogen (secondary N) is 2. The highest BCUT2D eigenvalue weighted by molar-refractivity contribution is 7.80. The van der Waals surface area contributed by atoms with Gasteiger partial charge in [0.05, 0.1) is 12.2 Å². The van der Waals surface area contributed by atoms with Crippen LogP contribution in [0.1, 0.15) is 37.0 Å². The van der Waals surface area contributed by atoms with Crippen LogP contribution in [0, 0.1) is 0 Å². The molecule has 0 aliphatic rings. The van der Waals surface area contributed by atoms with Crippen LogP contribution in [0.2, 0.25) is 0 Å². The van der Waals surface area contributed by atoms with Crippen molar-refractivity contribution in [1.29, 1.82) is 0 Å². The van der Waals surface area contributed by atoms with Crippen molar-refractivity contribution in [2.75, 3.05) is 18.5 Å². The number of ether oxygens (including phenoxy) is 1. The van der Waals surface area contributed by atoms with Crippen LogP contribution in [0.5, 0.6) is 0 Å². The van der Waals surface area contributed by atoms with E-state index in [1.807, 2.05) is 0 Å². The second kappa shape index (κ2) is 8.48. The molecule has 0 fully saturated rings. The Morgan fingerprint density at radius 1 is 1.26 bits per heavy atom. The minimum Gasteiger partial charge on any atom is -0.462 e. The molecule has 19 heavy (non-hydrogen) atoms. The van der Waals surface area contributed by atoms with Crippen LogP contribution < -0.4 is 10.6 Å². The maximum Gasteiger partial charge on any atom is 0.338 e. The molecule has 0 spiro atoms. The number of rotatable bonds is 6. The van der Waals surface area contributed by atoms with Crippen LogP contribution in [0.25, 0.3) is 0 Å². The van der Waals surface area contributed by atoms with Crippen molar-refractivity contribution < 1.29 is 9.53 Å². The highest BCUT2D eigenvalue weighted by Crippen LogP contribution is 2.10. The minimum atomic E-state index is -0.308. The summed E-state index contributed by atoms with van der Waals surface area (Å²) < 4.78 is 4.92. The van der Waals surface area contributed by atoms with E-state index in [4.69, 9.17) is 17.0 Å². The van der Waals surface area contributed by atoms with Crippen LogP contribution in [0.3, 0.4) is 0 Å². The van der Waals surface area contributed by atoms with Gasteiger partial charge in [-0.05, 0) is 49.8 Å². The molecule has 1 aromatic carbocycles. The summed E-state index contributed by atoms with van der Waals surface area (Å²) in [5.74, 6) is -0.308. The SMILES string of the molecule is CCCCNC(=S)Nc1ccc(C(=O)OCC)cc1. The Bertz CT molecular complexity index is 418. The number of esters is 1. The lowest BCUT2D eigenvalue weighted by Crippen LogP contribution is -2.29. The molecule has 0 atom stereocenters. The van der Waals surface area contributed by atoms with E-state index in [2.05, 4.69) is 17.6 Å². The topological polar surface area (TPSA) is 50.4 Å². The number of anilines is 1. The summed E-state index contributed by atoms with van der Waals surface area (Å²) in [6, 6.07) is 7.05. The number of carbonyl (C=O) groups excluding carboxylic acids is 1. The van der Waals surface area contributed by atoms with Crippen LogP contribution in [-0.4, -0.2) is 24.2 Å². The molecular formula is C14H20N2O2S. The fourth-order valence-corrected chi connectivity index (χ4v) is 1.68. The second-order valence-corrected chi connectivity index (χ2v) is 4.44. The van der Waals surface area contributed by atoms with Gasteiger partial charge in [-0.25, -0.2) is 4.79 Å². The molecule has 1 aromatic rings. The number of hydrogen-bond donors (Lipinski definition) is 2. The van der Waals surface area contributed by atoms with Gasteiger partial charge >= 0.3 is 5.97 Å². The molecule has 0 aromatic heterocycles. The summed E-state index contributed by atoms with van der Waals surface area (Å²) in [5, 5.41) is 6.78. The van der Waals surface area contributed by atoms with Gasteiger partial charge in [-0.3, -0.25) is 0 Å². The maximum absolute atomic E-state index is 11.5. The highest BCUT2D eigenvalue weighted by Gasteiger charge is 2.05. The third-order valence-electron chi connectivity index (χ3n) is 2.47. The average Bonchev–Trinajstić information content (AvgIpc) is 2.40. The molecule has 0 amide bonds. The summed E-state index contributed by atoms with van der Waals surface area (Å²) in [4.78, 5) is 11.5. The first-order valence-corrected chi connectivity index (χ1v) is 6.90. The van der Waals surface area contributed by atoms with E-state index in [0.717, 1.165) is 25.1 Å². The van der Waals surface area contributed by atoms with Crippen molar-refractivity contribution >= 4 is 29.0 Å². The van der Waals surface area contributed by atoms with Crippen molar-refractivity contribution in [1.82, 2.24) is 5.32 Å². The molecule has 0 saturated carbocycles. The largest absolute Gasteiger partial charge is 0.462 e.